The minimum absolute atomic E-state index is 0.00140. The van der Waals surface area contributed by atoms with Gasteiger partial charge >= 0.3 is 0 Å². The number of amides is 1. The van der Waals surface area contributed by atoms with Crippen LogP contribution in [-0.2, 0) is 4.74 Å². The van der Waals surface area contributed by atoms with Gasteiger partial charge in [0.25, 0.3) is 5.91 Å². The highest BCUT2D eigenvalue weighted by atomic mass is 35.5. The van der Waals surface area contributed by atoms with Crippen molar-refractivity contribution in [1.82, 2.24) is 15.3 Å². The number of methoxy groups -OCH3 is 1. The number of pyridine rings is 1. The third-order valence-corrected chi connectivity index (χ3v) is 7.05. The average Bonchev–Trinajstić information content (AvgIpc) is 3.24. The van der Waals surface area contributed by atoms with E-state index in [0.29, 0.717) is 58.7 Å². The van der Waals surface area contributed by atoms with Crippen molar-refractivity contribution in [2.45, 2.75) is 31.3 Å². The van der Waals surface area contributed by atoms with E-state index in [1.165, 1.54) is 0 Å². The molecule has 190 valence electrons. The van der Waals surface area contributed by atoms with Gasteiger partial charge < -0.3 is 34.9 Å². The summed E-state index contributed by atoms with van der Waals surface area (Å²) in [6.45, 7) is 3.55. The van der Waals surface area contributed by atoms with E-state index in [1.54, 1.807) is 31.6 Å². The van der Waals surface area contributed by atoms with E-state index in [0.717, 1.165) is 24.3 Å². The Kier molecular flexibility index (Phi) is 6.79. The van der Waals surface area contributed by atoms with Crippen LogP contribution in [0.2, 0.25) is 5.02 Å². The number of halogens is 1. The Morgan fingerprint density at radius 2 is 2.19 bits per heavy atom. The lowest BCUT2D eigenvalue weighted by molar-refractivity contribution is -0.152. The standard InChI is InChI=1S/C26H29ClN4O5/c1-26(8-11-36-26)14-35-19-13-28-9-6-16(19)22-23(30-18-5-3-4-17(27)24(18)34-2)20-21(31-22)15(7-10-32)12-29-25(20)33/h3-6,9,13,15,30-32H,7-8,10-12,14H2,1-2H3,(H,29,33)/t15-,26+/m0/s1. The second kappa shape index (κ2) is 10.0. The molecule has 3 aromatic rings. The number of para-hydroxylation sites is 1. The second-order valence-corrected chi connectivity index (χ2v) is 9.64. The van der Waals surface area contributed by atoms with Crippen molar-refractivity contribution in [3.8, 4) is 22.8 Å². The van der Waals surface area contributed by atoms with Gasteiger partial charge in [0.15, 0.2) is 5.75 Å². The molecule has 0 aliphatic carbocycles. The Morgan fingerprint density at radius 1 is 1.36 bits per heavy atom. The summed E-state index contributed by atoms with van der Waals surface area (Å²) < 4.78 is 17.4. The van der Waals surface area contributed by atoms with Gasteiger partial charge in [-0.1, -0.05) is 17.7 Å². The van der Waals surface area contributed by atoms with Gasteiger partial charge in [-0.25, -0.2) is 0 Å². The van der Waals surface area contributed by atoms with Gasteiger partial charge in [0, 0.05) is 42.9 Å². The maximum Gasteiger partial charge on any atom is 0.255 e. The van der Waals surface area contributed by atoms with Crippen molar-refractivity contribution >= 4 is 28.9 Å². The number of H-pyrrole nitrogens is 1. The molecule has 2 atom stereocenters. The highest BCUT2D eigenvalue weighted by Gasteiger charge is 2.36. The normalized spacial score (nSPS) is 20.8. The van der Waals surface area contributed by atoms with E-state index < -0.39 is 0 Å². The smallest absolute Gasteiger partial charge is 0.255 e. The first-order valence-corrected chi connectivity index (χ1v) is 12.3. The molecule has 1 amide bonds. The molecule has 4 N–H and O–H groups in total. The largest absolute Gasteiger partial charge is 0.493 e. The summed E-state index contributed by atoms with van der Waals surface area (Å²) in [5.41, 5.74) is 3.48. The molecule has 0 saturated carbocycles. The van der Waals surface area contributed by atoms with E-state index in [4.69, 9.17) is 25.8 Å². The zero-order valence-electron chi connectivity index (χ0n) is 20.2. The molecule has 0 radical (unpaired) electrons. The van der Waals surface area contributed by atoms with E-state index in [2.05, 4.69) is 20.6 Å². The molecule has 5 rings (SSSR count). The van der Waals surface area contributed by atoms with Crippen LogP contribution in [0.25, 0.3) is 11.3 Å². The molecule has 1 fully saturated rings. The average molecular weight is 513 g/mol. The number of hydrogen-bond donors (Lipinski definition) is 4. The lowest BCUT2D eigenvalue weighted by Gasteiger charge is -2.38. The number of carbonyl (C=O) groups excluding carboxylic acids is 1. The Hall–Kier alpha value is -3.27. The van der Waals surface area contributed by atoms with Crippen molar-refractivity contribution in [1.29, 1.82) is 0 Å². The number of ether oxygens (including phenoxy) is 3. The van der Waals surface area contributed by atoms with Crippen molar-refractivity contribution in [2.75, 3.05) is 38.8 Å². The van der Waals surface area contributed by atoms with Crippen LogP contribution in [0.5, 0.6) is 11.5 Å². The van der Waals surface area contributed by atoms with E-state index in [1.807, 2.05) is 19.1 Å². The second-order valence-electron chi connectivity index (χ2n) is 9.24. The number of aromatic nitrogens is 2. The predicted molar refractivity (Wildman–Crippen MR) is 137 cm³/mol. The summed E-state index contributed by atoms with van der Waals surface area (Å²) >= 11 is 6.37. The summed E-state index contributed by atoms with van der Waals surface area (Å²) in [6, 6.07) is 7.22. The molecule has 36 heavy (non-hydrogen) atoms. The van der Waals surface area contributed by atoms with Crippen LogP contribution in [0.4, 0.5) is 11.4 Å². The summed E-state index contributed by atoms with van der Waals surface area (Å²) in [4.78, 5) is 20.9. The number of rotatable bonds is 9. The molecule has 0 unspecified atom stereocenters. The van der Waals surface area contributed by atoms with E-state index in [9.17, 15) is 9.90 Å². The minimum Gasteiger partial charge on any atom is -0.493 e. The first-order chi connectivity index (χ1) is 17.4. The minimum atomic E-state index is -0.330. The van der Waals surface area contributed by atoms with Gasteiger partial charge in [0.1, 0.15) is 18.0 Å². The van der Waals surface area contributed by atoms with Crippen molar-refractivity contribution in [3.05, 3.63) is 52.9 Å². The zero-order chi connectivity index (χ0) is 25.3. The number of aliphatic hydroxyl groups is 1. The highest BCUT2D eigenvalue weighted by Crippen LogP contribution is 2.45. The number of aliphatic hydroxyl groups excluding tert-OH is 1. The first-order valence-electron chi connectivity index (χ1n) is 11.9. The Bertz CT molecular complexity index is 1270. The van der Waals surface area contributed by atoms with Gasteiger partial charge in [-0.3, -0.25) is 9.78 Å². The summed E-state index contributed by atoms with van der Waals surface area (Å²) in [6.07, 6.45) is 4.76. The van der Waals surface area contributed by atoms with Crippen molar-refractivity contribution in [2.24, 2.45) is 0 Å². The number of anilines is 2. The molecule has 2 aliphatic rings. The number of fused-ring (bicyclic) bond motifs is 1. The lowest BCUT2D eigenvalue weighted by atomic mass is 9.94. The van der Waals surface area contributed by atoms with Gasteiger partial charge in [-0.05, 0) is 31.5 Å². The third kappa shape index (κ3) is 4.50. The highest BCUT2D eigenvalue weighted by molar-refractivity contribution is 6.32. The van der Waals surface area contributed by atoms with Gasteiger partial charge in [-0.2, -0.15) is 0 Å². The fraction of sp³-hybridized carbons (Fsp3) is 0.385. The van der Waals surface area contributed by atoms with E-state index >= 15 is 0 Å². The number of aromatic amines is 1. The van der Waals surface area contributed by atoms with E-state index in [-0.39, 0.29) is 24.0 Å². The predicted octanol–water partition coefficient (Wildman–Crippen LogP) is 4.25. The SMILES string of the molecule is COc1c(Cl)cccc1Nc1c(-c2ccncc2OC[C@@]2(C)CCO2)[nH]c2c1C(=O)NC[C@@H]2CCO. The molecule has 10 heteroatoms. The van der Waals surface area contributed by atoms with Crippen LogP contribution in [-0.4, -0.2) is 60.1 Å². The van der Waals surface area contributed by atoms with Gasteiger partial charge in [0.05, 0.1) is 47.6 Å². The molecular weight excluding hydrogens is 484 g/mol. The Labute approximate surface area is 214 Å². The number of nitrogens with one attached hydrogen (secondary N) is 3. The summed E-state index contributed by atoms with van der Waals surface area (Å²) in [5.74, 6) is 0.737. The van der Waals surface area contributed by atoms with Crippen LogP contribution >= 0.6 is 11.6 Å². The molecule has 1 aromatic carbocycles. The van der Waals surface area contributed by atoms with Crippen LogP contribution in [0.3, 0.4) is 0 Å². The topological polar surface area (TPSA) is 118 Å². The Morgan fingerprint density at radius 3 is 2.92 bits per heavy atom. The maximum atomic E-state index is 13.1. The summed E-state index contributed by atoms with van der Waals surface area (Å²) in [5, 5.41) is 16.4. The molecule has 0 spiro atoms. The number of benzene rings is 1. The fourth-order valence-electron chi connectivity index (χ4n) is 4.64. The van der Waals surface area contributed by atoms with Gasteiger partial charge in [-0.15, -0.1) is 0 Å². The van der Waals surface area contributed by atoms with Crippen LogP contribution < -0.4 is 20.1 Å². The quantitative estimate of drug-likeness (QED) is 0.338. The van der Waals surface area contributed by atoms with Gasteiger partial charge in [0.2, 0.25) is 0 Å². The molecular formula is C26H29ClN4O5. The molecule has 9 nitrogen and oxygen atoms in total. The van der Waals surface area contributed by atoms with Crippen LogP contribution in [0.15, 0.2) is 36.7 Å². The first kappa shape index (κ1) is 24.4. The third-order valence-electron chi connectivity index (χ3n) is 6.75. The van der Waals surface area contributed by atoms with Crippen molar-refractivity contribution in [3.63, 3.8) is 0 Å². The molecule has 1 saturated heterocycles. The molecule has 4 heterocycles. The van der Waals surface area contributed by atoms with Crippen LogP contribution in [0.1, 0.15) is 41.7 Å². The van der Waals surface area contributed by atoms with Crippen LogP contribution in [0, 0.1) is 0 Å². The maximum absolute atomic E-state index is 13.1. The number of nitrogens with zero attached hydrogens (tertiary/aromatic N) is 1. The zero-order valence-corrected chi connectivity index (χ0v) is 20.9. The molecule has 2 aliphatic heterocycles. The Balaban J connectivity index is 1.63. The van der Waals surface area contributed by atoms with Crippen molar-refractivity contribution < 1.29 is 24.1 Å². The number of carbonyl (C=O) groups is 1. The molecule has 2 aromatic heterocycles. The number of hydrogen-bond acceptors (Lipinski definition) is 7. The monoisotopic (exact) mass is 512 g/mol. The molecule has 0 bridgehead atoms. The lowest BCUT2D eigenvalue weighted by Crippen LogP contribution is -2.45. The fourth-order valence-corrected chi connectivity index (χ4v) is 4.89. The summed E-state index contributed by atoms with van der Waals surface area (Å²) in [7, 11) is 1.54.